The zero-order valence-corrected chi connectivity index (χ0v) is 17.5. The van der Waals surface area contributed by atoms with E-state index in [1.54, 1.807) is 18.0 Å². The summed E-state index contributed by atoms with van der Waals surface area (Å²) in [5, 5.41) is 3.27. The van der Waals surface area contributed by atoms with Crippen LogP contribution in [0.2, 0.25) is 0 Å². The second-order valence-electron chi connectivity index (χ2n) is 8.22. The van der Waals surface area contributed by atoms with Crippen LogP contribution in [0.3, 0.4) is 0 Å². The number of piperidine rings is 1. The number of halogens is 2. The third-order valence-electron chi connectivity index (χ3n) is 5.93. The van der Waals surface area contributed by atoms with Crippen LogP contribution in [-0.4, -0.2) is 55.3 Å². The van der Waals surface area contributed by atoms with E-state index >= 15 is 0 Å². The third kappa shape index (κ3) is 4.31. The summed E-state index contributed by atoms with van der Waals surface area (Å²) >= 11 is 0. The van der Waals surface area contributed by atoms with Gasteiger partial charge in [0.2, 0.25) is 0 Å². The van der Waals surface area contributed by atoms with Crippen molar-refractivity contribution in [2.45, 2.75) is 57.8 Å². The fourth-order valence-corrected chi connectivity index (χ4v) is 3.38. The first-order chi connectivity index (χ1) is 12.1. The fourth-order valence-electron chi connectivity index (χ4n) is 3.38. The van der Waals surface area contributed by atoms with Crippen molar-refractivity contribution in [3.05, 3.63) is 29.6 Å². The number of nitrogens with zero attached hydrogens (tertiary/aromatic N) is 1. The Labute approximate surface area is 167 Å². The van der Waals surface area contributed by atoms with Crippen LogP contribution in [0.15, 0.2) is 18.2 Å². The summed E-state index contributed by atoms with van der Waals surface area (Å²) in [5.41, 5.74) is -0.302. The number of hydrogen-bond acceptors (Lipinski definition) is 4. The molecule has 27 heavy (non-hydrogen) atoms. The van der Waals surface area contributed by atoms with E-state index in [2.05, 4.69) is 5.32 Å². The van der Waals surface area contributed by atoms with E-state index in [1.165, 1.54) is 12.1 Å². The lowest BCUT2D eigenvalue weighted by molar-refractivity contribution is 0.00578. The highest BCUT2D eigenvalue weighted by Crippen LogP contribution is 2.36. The van der Waals surface area contributed by atoms with Crippen molar-refractivity contribution in [1.82, 2.24) is 10.2 Å². The lowest BCUT2D eigenvalue weighted by Gasteiger charge is -2.32. The van der Waals surface area contributed by atoms with Crippen molar-refractivity contribution in [1.29, 1.82) is 0 Å². The Bertz CT molecular complexity index is 680. The topological polar surface area (TPSA) is 50.8 Å². The van der Waals surface area contributed by atoms with Gasteiger partial charge in [0.05, 0.1) is 16.8 Å². The van der Waals surface area contributed by atoms with Crippen LogP contribution in [0.4, 0.5) is 4.39 Å². The van der Waals surface area contributed by atoms with Crippen molar-refractivity contribution < 1.29 is 18.5 Å². The zero-order chi connectivity index (χ0) is 19.1. The summed E-state index contributed by atoms with van der Waals surface area (Å²) in [6, 6.07) is 4.75. The Hall–Kier alpha value is -1.15. The molecule has 1 N–H and O–H groups in total. The minimum Gasteiger partial charge on any atom is -0.399 e. The van der Waals surface area contributed by atoms with Crippen molar-refractivity contribution >= 4 is 30.9 Å². The van der Waals surface area contributed by atoms with Gasteiger partial charge in [-0.15, -0.1) is 12.4 Å². The molecule has 3 rings (SSSR count). The Balaban J connectivity index is 0.00000261. The van der Waals surface area contributed by atoms with Crippen LogP contribution >= 0.6 is 12.4 Å². The van der Waals surface area contributed by atoms with Crippen molar-refractivity contribution in [3.8, 4) is 0 Å². The molecule has 8 heteroatoms. The van der Waals surface area contributed by atoms with E-state index in [0.717, 1.165) is 25.9 Å². The number of carbonyl (C=O) groups is 1. The van der Waals surface area contributed by atoms with Crippen LogP contribution in [0.1, 0.15) is 50.9 Å². The SMILES string of the molecule is CN(C(=O)c1ccc(B2OC(C)(C)C(C)(C)O2)cc1F)C1CCNCC1.Cl. The minimum absolute atomic E-state index is 0. The van der Waals surface area contributed by atoms with Gasteiger partial charge in [-0.1, -0.05) is 6.07 Å². The van der Waals surface area contributed by atoms with E-state index in [0.29, 0.717) is 5.46 Å². The lowest BCUT2D eigenvalue weighted by atomic mass is 9.78. The molecular weight excluding hydrogens is 369 g/mol. The first-order valence-electron chi connectivity index (χ1n) is 9.25. The van der Waals surface area contributed by atoms with Crippen LogP contribution in [0, 0.1) is 5.82 Å². The molecule has 0 atom stereocenters. The Morgan fingerprint density at radius 1 is 1.19 bits per heavy atom. The molecule has 2 heterocycles. The van der Waals surface area contributed by atoms with Crippen LogP contribution in [0.5, 0.6) is 0 Å². The van der Waals surface area contributed by atoms with Gasteiger partial charge >= 0.3 is 7.12 Å². The second-order valence-corrected chi connectivity index (χ2v) is 8.22. The molecule has 1 aromatic carbocycles. The summed E-state index contributed by atoms with van der Waals surface area (Å²) in [6.45, 7) is 9.58. The van der Waals surface area contributed by atoms with Crippen LogP contribution in [0.25, 0.3) is 0 Å². The highest BCUT2D eigenvalue weighted by atomic mass is 35.5. The molecule has 0 bridgehead atoms. The zero-order valence-electron chi connectivity index (χ0n) is 16.7. The smallest absolute Gasteiger partial charge is 0.399 e. The van der Waals surface area contributed by atoms with E-state index in [-0.39, 0.29) is 29.9 Å². The predicted molar refractivity (Wildman–Crippen MR) is 107 cm³/mol. The van der Waals surface area contributed by atoms with E-state index < -0.39 is 24.1 Å². The van der Waals surface area contributed by atoms with E-state index in [4.69, 9.17) is 9.31 Å². The number of benzene rings is 1. The van der Waals surface area contributed by atoms with Gasteiger partial charge in [-0.05, 0) is 71.2 Å². The molecule has 0 aliphatic carbocycles. The van der Waals surface area contributed by atoms with Gasteiger partial charge in [0.1, 0.15) is 5.82 Å². The number of nitrogens with one attached hydrogen (secondary N) is 1. The molecule has 0 unspecified atom stereocenters. The molecule has 2 aliphatic heterocycles. The largest absolute Gasteiger partial charge is 0.494 e. The monoisotopic (exact) mass is 398 g/mol. The van der Waals surface area contributed by atoms with Gasteiger partial charge in [-0.2, -0.15) is 0 Å². The average molecular weight is 399 g/mol. The van der Waals surface area contributed by atoms with Crippen molar-refractivity contribution in [2.24, 2.45) is 0 Å². The van der Waals surface area contributed by atoms with Gasteiger partial charge in [0, 0.05) is 13.1 Å². The highest BCUT2D eigenvalue weighted by molar-refractivity contribution is 6.62. The van der Waals surface area contributed by atoms with E-state index in [9.17, 15) is 9.18 Å². The predicted octanol–water partition coefficient (Wildman–Crippen LogP) is 2.37. The summed E-state index contributed by atoms with van der Waals surface area (Å²) in [5.74, 6) is -0.821. The quantitative estimate of drug-likeness (QED) is 0.794. The molecule has 2 saturated heterocycles. The van der Waals surface area contributed by atoms with Gasteiger partial charge in [0.25, 0.3) is 5.91 Å². The lowest BCUT2D eigenvalue weighted by Crippen LogP contribution is -2.44. The highest BCUT2D eigenvalue weighted by Gasteiger charge is 2.51. The number of rotatable bonds is 3. The molecule has 0 radical (unpaired) electrons. The Morgan fingerprint density at radius 2 is 1.74 bits per heavy atom. The molecule has 2 fully saturated rings. The standard InChI is InChI=1S/C19H28BFN2O3.ClH/c1-18(2)19(3,4)26-20(25-18)13-6-7-15(16(21)12-13)17(24)23(5)14-8-10-22-11-9-14;/h6-7,12,14,22H,8-11H2,1-5H3;1H. The second kappa shape index (κ2) is 8.07. The maximum Gasteiger partial charge on any atom is 0.494 e. The van der Waals surface area contributed by atoms with Crippen molar-refractivity contribution in [3.63, 3.8) is 0 Å². The number of amides is 1. The summed E-state index contributed by atoms with van der Waals surface area (Å²) in [6.07, 6.45) is 1.77. The van der Waals surface area contributed by atoms with Crippen LogP contribution < -0.4 is 10.8 Å². The summed E-state index contributed by atoms with van der Waals surface area (Å²) in [7, 11) is 1.11. The average Bonchev–Trinajstić information content (AvgIpc) is 2.82. The molecule has 150 valence electrons. The number of hydrogen-bond donors (Lipinski definition) is 1. The Kier molecular flexibility index (Phi) is 6.62. The van der Waals surface area contributed by atoms with Gasteiger partial charge in [-0.25, -0.2) is 4.39 Å². The molecular formula is C19H29BClFN2O3. The summed E-state index contributed by atoms with van der Waals surface area (Å²) < 4.78 is 26.6. The number of carbonyl (C=O) groups excluding carboxylic acids is 1. The van der Waals surface area contributed by atoms with Gasteiger partial charge < -0.3 is 19.5 Å². The molecule has 0 saturated carbocycles. The van der Waals surface area contributed by atoms with Crippen molar-refractivity contribution in [2.75, 3.05) is 20.1 Å². The van der Waals surface area contributed by atoms with E-state index in [1.807, 2.05) is 27.7 Å². The molecule has 5 nitrogen and oxygen atoms in total. The van der Waals surface area contributed by atoms with Gasteiger partial charge in [-0.3, -0.25) is 4.79 Å². The minimum atomic E-state index is -0.638. The molecule has 0 spiro atoms. The first-order valence-corrected chi connectivity index (χ1v) is 9.25. The maximum atomic E-state index is 14.7. The third-order valence-corrected chi connectivity index (χ3v) is 5.93. The van der Waals surface area contributed by atoms with Gasteiger partial charge in [0.15, 0.2) is 0 Å². The first kappa shape index (κ1) is 22.1. The molecule has 1 aromatic rings. The maximum absolute atomic E-state index is 14.7. The molecule has 2 aliphatic rings. The van der Waals surface area contributed by atoms with Crippen LogP contribution in [-0.2, 0) is 9.31 Å². The normalized spacial score (nSPS) is 21.6. The Morgan fingerprint density at radius 3 is 2.26 bits per heavy atom. The molecule has 0 aromatic heterocycles. The molecule has 1 amide bonds. The fraction of sp³-hybridized carbons (Fsp3) is 0.632. The summed E-state index contributed by atoms with van der Waals surface area (Å²) in [4.78, 5) is 14.4.